The van der Waals surface area contributed by atoms with Gasteiger partial charge in [-0.05, 0) is 23.7 Å². The van der Waals surface area contributed by atoms with E-state index in [4.69, 9.17) is 16.3 Å². The zero-order valence-corrected chi connectivity index (χ0v) is 10.7. The highest BCUT2D eigenvalue weighted by atomic mass is 35.5. The molecule has 0 saturated carbocycles. The molecule has 3 nitrogen and oxygen atoms in total. The van der Waals surface area contributed by atoms with Crippen LogP contribution in [0.2, 0.25) is 0 Å². The first kappa shape index (κ1) is 13.3. The molecule has 96 valence electrons. The number of carbonyl (C=O) groups is 2. The van der Waals surface area contributed by atoms with Crippen LogP contribution in [-0.2, 0) is 4.79 Å². The van der Waals surface area contributed by atoms with E-state index in [1.165, 1.54) is 0 Å². The Hall–Kier alpha value is -2.13. The number of halogens is 1. The molecule has 0 aromatic heterocycles. The van der Waals surface area contributed by atoms with E-state index in [1.807, 2.05) is 6.07 Å². The van der Waals surface area contributed by atoms with Gasteiger partial charge >= 0.3 is 0 Å². The molecule has 0 heterocycles. The summed E-state index contributed by atoms with van der Waals surface area (Å²) in [4.78, 5) is 22.4. The Balaban J connectivity index is 2.32. The Morgan fingerprint density at radius 2 is 1.68 bits per heavy atom. The first-order valence-electron chi connectivity index (χ1n) is 5.67. The molecule has 0 aliphatic rings. The van der Waals surface area contributed by atoms with E-state index in [1.54, 1.807) is 48.5 Å². The van der Waals surface area contributed by atoms with Crippen molar-refractivity contribution < 1.29 is 14.3 Å². The number of carbonyl (C=O) groups excluding carboxylic acids is 2. The van der Waals surface area contributed by atoms with Gasteiger partial charge in [-0.1, -0.05) is 42.5 Å². The van der Waals surface area contributed by atoms with E-state index in [9.17, 15) is 9.59 Å². The summed E-state index contributed by atoms with van der Waals surface area (Å²) < 4.78 is 5.57. The van der Waals surface area contributed by atoms with Gasteiger partial charge < -0.3 is 4.74 Å². The summed E-state index contributed by atoms with van der Waals surface area (Å²) in [6.07, 6.45) is -0.250. The van der Waals surface area contributed by atoms with Crippen molar-refractivity contribution in [2.75, 3.05) is 0 Å². The monoisotopic (exact) mass is 274 g/mol. The first-order valence-corrected chi connectivity index (χ1v) is 6.05. The molecule has 0 aliphatic carbocycles. The van der Waals surface area contributed by atoms with Crippen LogP contribution >= 0.6 is 11.6 Å². The van der Waals surface area contributed by atoms with Crippen LogP contribution in [0.4, 0.5) is 0 Å². The number of aldehydes is 1. The second kappa shape index (κ2) is 6.16. The van der Waals surface area contributed by atoms with Crippen molar-refractivity contribution in [3.8, 4) is 5.75 Å². The number of benzene rings is 2. The van der Waals surface area contributed by atoms with Crippen molar-refractivity contribution in [3.63, 3.8) is 0 Å². The Kier molecular flexibility index (Phi) is 4.31. The molecule has 0 N–H and O–H groups in total. The number of hydrogen-bond donors (Lipinski definition) is 0. The fraction of sp³-hybridized carbons (Fsp3) is 0.0667. The van der Waals surface area contributed by atoms with Crippen molar-refractivity contribution in [3.05, 3.63) is 65.7 Å². The predicted molar refractivity (Wildman–Crippen MR) is 72.5 cm³/mol. The average Bonchev–Trinajstić information content (AvgIpc) is 2.45. The molecule has 0 amide bonds. The Labute approximate surface area is 115 Å². The number of ether oxygens (including phenoxy) is 1. The van der Waals surface area contributed by atoms with Crippen molar-refractivity contribution >= 4 is 23.1 Å². The van der Waals surface area contributed by atoms with E-state index >= 15 is 0 Å². The topological polar surface area (TPSA) is 43.4 Å². The summed E-state index contributed by atoms with van der Waals surface area (Å²) in [6.45, 7) is 0. The normalized spacial score (nSPS) is 11.6. The zero-order chi connectivity index (χ0) is 13.7. The van der Waals surface area contributed by atoms with Crippen LogP contribution in [0.25, 0.3) is 0 Å². The summed E-state index contributed by atoms with van der Waals surface area (Å²) in [7, 11) is 0. The van der Waals surface area contributed by atoms with Crippen molar-refractivity contribution in [2.45, 2.75) is 6.10 Å². The van der Waals surface area contributed by atoms with Gasteiger partial charge in [0.1, 0.15) is 5.75 Å². The molecule has 1 atom stereocenters. The van der Waals surface area contributed by atoms with Crippen LogP contribution in [-0.4, -0.2) is 11.5 Å². The fourth-order valence-corrected chi connectivity index (χ4v) is 1.86. The quantitative estimate of drug-likeness (QED) is 0.620. The minimum atomic E-state index is -0.927. The molecule has 0 spiro atoms. The molecule has 4 heteroatoms. The van der Waals surface area contributed by atoms with Crippen molar-refractivity contribution in [1.29, 1.82) is 0 Å². The van der Waals surface area contributed by atoms with Crippen LogP contribution in [0.3, 0.4) is 0 Å². The van der Waals surface area contributed by atoms with Gasteiger partial charge in [0.25, 0.3) is 5.24 Å². The van der Waals surface area contributed by atoms with Crippen LogP contribution in [0.1, 0.15) is 22.0 Å². The van der Waals surface area contributed by atoms with Crippen LogP contribution in [0.5, 0.6) is 5.75 Å². The van der Waals surface area contributed by atoms with Crippen LogP contribution in [0.15, 0.2) is 54.6 Å². The van der Waals surface area contributed by atoms with Gasteiger partial charge in [0, 0.05) is 5.56 Å². The average molecular weight is 275 g/mol. The van der Waals surface area contributed by atoms with Crippen molar-refractivity contribution in [2.24, 2.45) is 0 Å². The highest BCUT2D eigenvalue weighted by Crippen LogP contribution is 2.26. The van der Waals surface area contributed by atoms with E-state index in [2.05, 4.69) is 0 Å². The predicted octanol–water partition coefficient (Wildman–Crippen LogP) is 3.38. The van der Waals surface area contributed by atoms with Gasteiger partial charge in [0.2, 0.25) is 0 Å². The maximum atomic E-state index is 11.5. The zero-order valence-electron chi connectivity index (χ0n) is 9.95. The third-order valence-electron chi connectivity index (χ3n) is 2.60. The summed E-state index contributed by atoms with van der Waals surface area (Å²) in [6, 6.07) is 15.6. The van der Waals surface area contributed by atoms with Gasteiger partial charge in [-0.15, -0.1) is 0 Å². The summed E-state index contributed by atoms with van der Waals surface area (Å²) in [5, 5.41) is -0.632. The van der Waals surface area contributed by atoms with Gasteiger partial charge in [0.05, 0.1) is 5.56 Å². The highest BCUT2D eigenvalue weighted by molar-refractivity contribution is 6.64. The van der Waals surface area contributed by atoms with E-state index in [-0.39, 0.29) is 0 Å². The van der Waals surface area contributed by atoms with Crippen molar-refractivity contribution in [1.82, 2.24) is 0 Å². The van der Waals surface area contributed by atoms with E-state index in [0.29, 0.717) is 23.2 Å². The lowest BCUT2D eigenvalue weighted by Gasteiger charge is -2.16. The molecule has 0 bridgehead atoms. The molecular formula is C15H11ClO3. The first-order chi connectivity index (χ1) is 9.22. The van der Waals surface area contributed by atoms with Gasteiger partial charge in [-0.2, -0.15) is 0 Å². The van der Waals surface area contributed by atoms with Gasteiger partial charge in [0.15, 0.2) is 12.4 Å². The maximum absolute atomic E-state index is 11.5. The molecule has 19 heavy (non-hydrogen) atoms. The molecule has 0 fully saturated rings. The molecule has 2 aromatic carbocycles. The molecule has 0 aliphatic heterocycles. The smallest absolute Gasteiger partial charge is 0.267 e. The minimum absolute atomic E-state index is 0.334. The molecular weight excluding hydrogens is 264 g/mol. The summed E-state index contributed by atoms with van der Waals surface area (Å²) in [5.74, 6) is 0.334. The molecule has 0 saturated heterocycles. The van der Waals surface area contributed by atoms with Crippen LogP contribution in [0, 0.1) is 0 Å². The minimum Gasteiger partial charge on any atom is -0.476 e. The Bertz CT molecular complexity index is 581. The fourth-order valence-electron chi connectivity index (χ4n) is 1.69. The summed E-state index contributed by atoms with van der Waals surface area (Å²) >= 11 is 5.57. The number of hydrogen-bond acceptors (Lipinski definition) is 3. The largest absolute Gasteiger partial charge is 0.476 e. The summed E-state index contributed by atoms with van der Waals surface area (Å²) in [5.41, 5.74) is 1.02. The molecule has 2 rings (SSSR count). The second-order valence-corrected chi connectivity index (χ2v) is 4.24. The SMILES string of the molecule is O=Cc1ccccc1OC(C(=O)Cl)c1ccccc1. The lowest BCUT2D eigenvalue weighted by atomic mass is 10.1. The Morgan fingerprint density at radius 3 is 2.32 bits per heavy atom. The van der Waals surface area contributed by atoms with E-state index in [0.717, 1.165) is 0 Å². The molecule has 1 unspecified atom stereocenters. The number of rotatable bonds is 5. The lowest BCUT2D eigenvalue weighted by molar-refractivity contribution is -0.118. The maximum Gasteiger partial charge on any atom is 0.267 e. The van der Waals surface area contributed by atoms with Gasteiger partial charge in [-0.3, -0.25) is 9.59 Å². The second-order valence-electron chi connectivity index (χ2n) is 3.87. The lowest BCUT2D eigenvalue weighted by Crippen LogP contribution is -2.15. The highest BCUT2D eigenvalue weighted by Gasteiger charge is 2.21. The molecule has 2 aromatic rings. The third kappa shape index (κ3) is 3.20. The Morgan fingerprint density at radius 1 is 1.05 bits per heavy atom. The van der Waals surface area contributed by atoms with Crippen LogP contribution < -0.4 is 4.74 Å². The van der Waals surface area contributed by atoms with E-state index < -0.39 is 11.3 Å². The van der Waals surface area contributed by atoms with Gasteiger partial charge in [-0.25, -0.2) is 0 Å². The third-order valence-corrected chi connectivity index (χ3v) is 2.80. The standard InChI is InChI=1S/C15H11ClO3/c16-15(18)14(11-6-2-1-3-7-11)19-13-9-5-4-8-12(13)10-17/h1-10,14H. The molecule has 0 radical (unpaired) electrons. The number of para-hydroxylation sites is 1.